The molecule has 1 aliphatic carbocycles. The highest BCUT2D eigenvalue weighted by atomic mass is 14.9. The number of allylic oxidation sites excluding steroid dienone is 10. The van der Waals surface area contributed by atoms with E-state index in [2.05, 4.69) is 81.9 Å². The van der Waals surface area contributed by atoms with Gasteiger partial charge in [0.25, 0.3) is 0 Å². The van der Waals surface area contributed by atoms with Gasteiger partial charge in [-0.2, -0.15) is 0 Å². The van der Waals surface area contributed by atoms with Gasteiger partial charge < -0.3 is 5.32 Å². The molecule has 1 aromatic heterocycles. The lowest BCUT2D eigenvalue weighted by Crippen LogP contribution is -2.19. The van der Waals surface area contributed by atoms with Gasteiger partial charge in [-0.25, -0.2) is 0 Å². The van der Waals surface area contributed by atoms with Crippen LogP contribution < -0.4 is 5.32 Å². The summed E-state index contributed by atoms with van der Waals surface area (Å²) in [5.74, 6) is 0. The van der Waals surface area contributed by atoms with Crippen LogP contribution in [0.1, 0.15) is 53.9 Å². The molecule has 2 heteroatoms. The van der Waals surface area contributed by atoms with Crippen LogP contribution in [0.5, 0.6) is 0 Å². The van der Waals surface area contributed by atoms with Crippen molar-refractivity contribution >= 4 is 5.69 Å². The molecule has 2 rings (SSSR count). The molecular weight excluding hydrogens is 340 g/mol. The molecule has 0 fully saturated rings. The Morgan fingerprint density at radius 3 is 2.54 bits per heavy atom. The highest BCUT2D eigenvalue weighted by Gasteiger charge is 2.26. The molecule has 0 bridgehead atoms. The molecule has 0 spiro atoms. The average Bonchev–Trinajstić information content (AvgIpc) is 2.61. The summed E-state index contributed by atoms with van der Waals surface area (Å²) in [5.41, 5.74) is 7.57. The zero-order valence-corrected chi connectivity index (χ0v) is 18.0. The van der Waals surface area contributed by atoms with Crippen molar-refractivity contribution in [3.63, 3.8) is 0 Å². The highest BCUT2D eigenvalue weighted by molar-refractivity contribution is 5.49. The van der Waals surface area contributed by atoms with E-state index in [0.29, 0.717) is 0 Å². The monoisotopic (exact) mass is 374 g/mol. The fourth-order valence-electron chi connectivity index (χ4n) is 3.61. The van der Waals surface area contributed by atoms with E-state index >= 15 is 0 Å². The second kappa shape index (κ2) is 10.1. The molecule has 0 atom stereocenters. The SMILES string of the molecule is C=C(\C=C(C)/C=C/C=C(C)/C=C/C1=C(C)CCCC1(C)C)Nc1ccncc1. The molecule has 0 saturated heterocycles. The van der Waals surface area contributed by atoms with Crippen LogP contribution >= 0.6 is 0 Å². The first-order valence-corrected chi connectivity index (χ1v) is 10.1. The van der Waals surface area contributed by atoms with Crippen molar-refractivity contribution in [1.29, 1.82) is 0 Å². The fraction of sp³-hybridized carbons (Fsp3) is 0.346. The molecule has 0 aromatic carbocycles. The lowest BCUT2D eigenvalue weighted by molar-refractivity contribution is 0.377. The number of nitrogens with one attached hydrogen (secondary N) is 1. The van der Waals surface area contributed by atoms with E-state index in [1.54, 1.807) is 12.4 Å². The molecule has 0 unspecified atom stereocenters. The zero-order valence-electron chi connectivity index (χ0n) is 18.0. The van der Waals surface area contributed by atoms with Gasteiger partial charge in [0, 0.05) is 23.8 Å². The van der Waals surface area contributed by atoms with Gasteiger partial charge in [0.05, 0.1) is 0 Å². The lowest BCUT2D eigenvalue weighted by Gasteiger charge is -2.32. The number of nitrogens with zero attached hydrogens (tertiary/aromatic N) is 1. The predicted molar refractivity (Wildman–Crippen MR) is 123 cm³/mol. The minimum Gasteiger partial charge on any atom is -0.356 e. The van der Waals surface area contributed by atoms with Crippen LogP contribution in [-0.4, -0.2) is 4.98 Å². The van der Waals surface area contributed by atoms with E-state index < -0.39 is 0 Å². The second-order valence-electron chi connectivity index (χ2n) is 8.31. The maximum absolute atomic E-state index is 4.06. The van der Waals surface area contributed by atoms with Crippen molar-refractivity contribution in [2.24, 2.45) is 5.41 Å². The predicted octanol–water partition coefficient (Wildman–Crippen LogP) is 7.54. The summed E-state index contributed by atoms with van der Waals surface area (Å²) in [6, 6.07) is 3.85. The zero-order chi connectivity index (χ0) is 20.6. The molecule has 28 heavy (non-hydrogen) atoms. The van der Waals surface area contributed by atoms with Crippen molar-refractivity contribution < 1.29 is 0 Å². The Bertz CT molecular complexity index is 830. The summed E-state index contributed by atoms with van der Waals surface area (Å²) >= 11 is 0. The quantitative estimate of drug-likeness (QED) is 0.499. The number of rotatable bonds is 7. The molecule has 0 radical (unpaired) electrons. The van der Waals surface area contributed by atoms with E-state index in [1.165, 1.54) is 36.0 Å². The Labute approximate surface area is 171 Å². The number of pyridine rings is 1. The molecule has 0 aliphatic heterocycles. The smallest absolute Gasteiger partial charge is 0.0414 e. The normalized spacial score (nSPS) is 18.2. The maximum atomic E-state index is 4.06. The Morgan fingerprint density at radius 2 is 1.86 bits per heavy atom. The summed E-state index contributed by atoms with van der Waals surface area (Å²) in [5, 5.41) is 3.26. The third-order valence-corrected chi connectivity index (χ3v) is 5.16. The van der Waals surface area contributed by atoms with Crippen molar-refractivity contribution in [3.05, 3.63) is 95.6 Å². The maximum Gasteiger partial charge on any atom is 0.0414 e. The van der Waals surface area contributed by atoms with Crippen LogP contribution in [-0.2, 0) is 0 Å². The van der Waals surface area contributed by atoms with E-state index in [0.717, 1.165) is 17.0 Å². The van der Waals surface area contributed by atoms with Crippen LogP contribution in [0, 0.1) is 5.41 Å². The lowest BCUT2D eigenvalue weighted by atomic mass is 9.72. The number of hydrogen-bond acceptors (Lipinski definition) is 2. The topological polar surface area (TPSA) is 24.9 Å². The summed E-state index contributed by atoms with van der Waals surface area (Å²) in [4.78, 5) is 4.02. The third-order valence-electron chi connectivity index (χ3n) is 5.16. The first-order valence-electron chi connectivity index (χ1n) is 10.1. The Kier molecular flexibility index (Phi) is 7.80. The highest BCUT2D eigenvalue weighted by Crippen LogP contribution is 2.40. The van der Waals surface area contributed by atoms with Crippen LogP contribution in [0.4, 0.5) is 5.69 Å². The Morgan fingerprint density at radius 1 is 1.14 bits per heavy atom. The Hall–Kier alpha value is -2.61. The first kappa shape index (κ1) is 21.7. The average molecular weight is 375 g/mol. The van der Waals surface area contributed by atoms with Crippen LogP contribution in [0.3, 0.4) is 0 Å². The van der Waals surface area contributed by atoms with Crippen LogP contribution in [0.2, 0.25) is 0 Å². The van der Waals surface area contributed by atoms with Crippen molar-refractivity contribution in [3.8, 4) is 0 Å². The van der Waals surface area contributed by atoms with E-state index in [4.69, 9.17) is 0 Å². The van der Waals surface area contributed by atoms with Gasteiger partial charge in [0.1, 0.15) is 0 Å². The molecular formula is C26H34N2. The second-order valence-corrected chi connectivity index (χ2v) is 8.31. The summed E-state index contributed by atoms with van der Waals surface area (Å²) in [7, 11) is 0. The number of hydrogen-bond donors (Lipinski definition) is 1. The van der Waals surface area contributed by atoms with Crippen LogP contribution in [0.15, 0.2) is 95.6 Å². The van der Waals surface area contributed by atoms with E-state index in [9.17, 15) is 0 Å². The van der Waals surface area contributed by atoms with Gasteiger partial charge in [-0.15, -0.1) is 0 Å². The molecule has 0 saturated carbocycles. The molecule has 1 aliphatic rings. The molecule has 1 aromatic rings. The van der Waals surface area contributed by atoms with Crippen molar-refractivity contribution in [1.82, 2.24) is 4.98 Å². The molecule has 148 valence electrons. The minimum atomic E-state index is 0.288. The van der Waals surface area contributed by atoms with Gasteiger partial charge in [-0.05, 0) is 74.8 Å². The van der Waals surface area contributed by atoms with Crippen LogP contribution in [0.25, 0.3) is 0 Å². The summed E-state index contributed by atoms with van der Waals surface area (Å²) < 4.78 is 0. The van der Waals surface area contributed by atoms with E-state index in [1.807, 2.05) is 18.2 Å². The first-order chi connectivity index (χ1) is 13.3. The molecule has 2 nitrogen and oxygen atoms in total. The fourth-order valence-corrected chi connectivity index (χ4v) is 3.61. The third kappa shape index (κ3) is 6.84. The van der Waals surface area contributed by atoms with Gasteiger partial charge >= 0.3 is 0 Å². The van der Waals surface area contributed by atoms with Crippen molar-refractivity contribution in [2.75, 3.05) is 5.32 Å². The van der Waals surface area contributed by atoms with Gasteiger partial charge in [-0.3, -0.25) is 4.98 Å². The standard InChI is InChI=1S/C26H34N2/c1-20(12-13-25-22(3)11-8-16-26(25,5)6)9-7-10-21(2)19-23(4)28-24-14-17-27-18-15-24/h7,9-10,12-15,17-19H,4,8,11,16H2,1-3,5-6H3,(H,27,28)/b10-7+,13-12+,20-9+,21-19-. The van der Waals surface area contributed by atoms with Gasteiger partial charge in [-0.1, -0.05) is 62.0 Å². The summed E-state index contributed by atoms with van der Waals surface area (Å²) in [6.45, 7) is 15.3. The molecule has 1 N–H and O–H groups in total. The van der Waals surface area contributed by atoms with Crippen molar-refractivity contribution in [2.45, 2.75) is 53.9 Å². The van der Waals surface area contributed by atoms with Gasteiger partial charge in [0.15, 0.2) is 0 Å². The number of anilines is 1. The molecule has 0 amide bonds. The van der Waals surface area contributed by atoms with E-state index in [-0.39, 0.29) is 5.41 Å². The Balaban J connectivity index is 1.96. The van der Waals surface area contributed by atoms with Gasteiger partial charge in [0.2, 0.25) is 0 Å². The number of aromatic nitrogens is 1. The molecule has 1 heterocycles. The minimum absolute atomic E-state index is 0.288. The largest absolute Gasteiger partial charge is 0.356 e. The summed E-state index contributed by atoms with van der Waals surface area (Å²) in [6.07, 6.45) is 20.3.